The van der Waals surface area contributed by atoms with Crippen LogP contribution in [0.2, 0.25) is 5.15 Å². The lowest BCUT2D eigenvalue weighted by Gasteiger charge is -2.33. The number of carbonyl (C=O) groups excluding carboxylic acids is 2. The summed E-state index contributed by atoms with van der Waals surface area (Å²) in [6.07, 6.45) is 1.34. The Labute approximate surface area is 109 Å². The first-order valence-corrected chi connectivity index (χ1v) is 5.88. The largest absolute Gasteiger partial charge is 0.397 e. The standard InChI is InChI=1S/C11H13ClN4O2/c1-6-10(17)14-2-3-16(6)11(18)7-4-9(12)15-5-8(7)13/h4-6H,2-3,13H2,1H3,(H,14,17). The fourth-order valence-electron chi connectivity index (χ4n) is 1.84. The van der Waals surface area contributed by atoms with Gasteiger partial charge in [-0.05, 0) is 13.0 Å². The molecule has 2 heterocycles. The first-order chi connectivity index (χ1) is 8.50. The number of amides is 2. The van der Waals surface area contributed by atoms with Crippen molar-refractivity contribution in [3.8, 4) is 0 Å². The van der Waals surface area contributed by atoms with Crippen LogP contribution in [0.5, 0.6) is 0 Å². The number of hydrogen-bond donors (Lipinski definition) is 2. The van der Waals surface area contributed by atoms with Gasteiger partial charge in [0.15, 0.2) is 0 Å². The summed E-state index contributed by atoms with van der Waals surface area (Å²) in [4.78, 5) is 29.1. The molecule has 18 heavy (non-hydrogen) atoms. The molecule has 1 saturated heterocycles. The number of nitrogens with zero attached hydrogens (tertiary/aromatic N) is 2. The van der Waals surface area contributed by atoms with Gasteiger partial charge in [-0.3, -0.25) is 9.59 Å². The van der Waals surface area contributed by atoms with Crippen LogP contribution in [0.4, 0.5) is 5.69 Å². The summed E-state index contributed by atoms with van der Waals surface area (Å²) < 4.78 is 0. The molecule has 1 aliphatic rings. The molecule has 2 rings (SSSR count). The van der Waals surface area contributed by atoms with Gasteiger partial charge in [-0.15, -0.1) is 0 Å². The fourth-order valence-corrected chi connectivity index (χ4v) is 2.00. The molecule has 2 amide bonds. The zero-order valence-electron chi connectivity index (χ0n) is 9.81. The van der Waals surface area contributed by atoms with Gasteiger partial charge in [-0.1, -0.05) is 11.6 Å². The first kappa shape index (κ1) is 12.6. The van der Waals surface area contributed by atoms with Crippen LogP contribution >= 0.6 is 11.6 Å². The molecule has 0 bridgehead atoms. The molecule has 0 spiro atoms. The van der Waals surface area contributed by atoms with Crippen molar-refractivity contribution in [2.24, 2.45) is 0 Å². The summed E-state index contributed by atoms with van der Waals surface area (Å²) in [5.41, 5.74) is 6.23. The van der Waals surface area contributed by atoms with Crippen LogP contribution in [0.1, 0.15) is 17.3 Å². The first-order valence-electron chi connectivity index (χ1n) is 5.50. The molecular formula is C11H13ClN4O2. The van der Waals surface area contributed by atoms with Gasteiger partial charge in [-0.2, -0.15) is 0 Å². The van der Waals surface area contributed by atoms with Crippen LogP contribution < -0.4 is 11.1 Å². The number of nitrogens with one attached hydrogen (secondary N) is 1. The van der Waals surface area contributed by atoms with Crippen molar-refractivity contribution in [1.29, 1.82) is 0 Å². The van der Waals surface area contributed by atoms with Crippen molar-refractivity contribution in [3.05, 3.63) is 23.0 Å². The number of rotatable bonds is 1. The Kier molecular flexibility index (Phi) is 3.38. The van der Waals surface area contributed by atoms with E-state index in [1.807, 2.05) is 0 Å². The van der Waals surface area contributed by atoms with Crippen molar-refractivity contribution in [1.82, 2.24) is 15.2 Å². The lowest BCUT2D eigenvalue weighted by atomic mass is 10.1. The maximum absolute atomic E-state index is 12.3. The third-order valence-electron chi connectivity index (χ3n) is 2.89. The van der Waals surface area contributed by atoms with Crippen molar-refractivity contribution >= 4 is 29.1 Å². The van der Waals surface area contributed by atoms with E-state index >= 15 is 0 Å². The highest BCUT2D eigenvalue weighted by Crippen LogP contribution is 2.19. The second-order valence-electron chi connectivity index (χ2n) is 4.06. The average Bonchev–Trinajstić information content (AvgIpc) is 2.35. The highest BCUT2D eigenvalue weighted by molar-refractivity contribution is 6.29. The van der Waals surface area contributed by atoms with Crippen molar-refractivity contribution < 1.29 is 9.59 Å². The Morgan fingerprint density at radius 2 is 2.39 bits per heavy atom. The fraction of sp³-hybridized carbons (Fsp3) is 0.364. The molecule has 0 aromatic carbocycles. The van der Waals surface area contributed by atoms with Gasteiger partial charge in [0.25, 0.3) is 5.91 Å². The molecule has 1 aromatic rings. The zero-order chi connectivity index (χ0) is 13.3. The van der Waals surface area contributed by atoms with Crippen LogP contribution in [0, 0.1) is 0 Å². The number of nitrogen functional groups attached to an aromatic ring is 1. The molecular weight excluding hydrogens is 256 g/mol. The van der Waals surface area contributed by atoms with Gasteiger partial charge in [-0.25, -0.2) is 4.98 Å². The SMILES string of the molecule is CC1C(=O)NCCN1C(=O)c1cc(Cl)ncc1N. The molecule has 7 heteroatoms. The zero-order valence-corrected chi connectivity index (χ0v) is 10.6. The number of halogens is 1. The van der Waals surface area contributed by atoms with Crippen molar-refractivity contribution in [2.45, 2.75) is 13.0 Å². The Morgan fingerprint density at radius 1 is 1.67 bits per heavy atom. The van der Waals surface area contributed by atoms with Crippen molar-refractivity contribution in [2.75, 3.05) is 18.8 Å². The summed E-state index contributed by atoms with van der Waals surface area (Å²) in [5.74, 6) is -0.479. The van der Waals surface area contributed by atoms with Gasteiger partial charge in [0.2, 0.25) is 5.91 Å². The second kappa shape index (κ2) is 4.81. The predicted octanol–water partition coefficient (Wildman–Crippen LogP) is 0.278. The van der Waals surface area contributed by atoms with Crippen LogP contribution in [-0.2, 0) is 4.79 Å². The molecule has 1 atom stereocenters. The lowest BCUT2D eigenvalue weighted by molar-refractivity contribution is -0.127. The quantitative estimate of drug-likeness (QED) is 0.716. The van der Waals surface area contributed by atoms with E-state index in [1.54, 1.807) is 6.92 Å². The predicted molar refractivity (Wildman–Crippen MR) is 67.2 cm³/mol. The molecule has 1 aliphatic heterocycles. The van der Waals surface area contributed by atoms with E-state index in [0.29, 0.717) is 13.1 Å². The maximum atomic E-state index is 12.3. The summed E-state index contributed by atoms with van der Waals surface area (Å²) >= 11 is 5.75. The third-order valence-corrected chi connectivity index (χ3v) is 3.10. The number of hydrogen-bond acceptors (Lipinski definition) is 4. The minimum Gasteiger partial charge on any atom is -0.397 e. The summed E-state index contributed by atoms with van der Waals surface area (Å²) in [5, 5.41) is 2.89. The number of pyridine rings is 1. The van der Waals surface area contributed by atoms with Gasteiger partial charge in [0.05, 0.1) is 17.4 Å². The summed E-state index contributed by atoms with van der Waals surface area (Å²) in [6.45, 7) is 2.56. The van der Waals surface area contributed by atoms with Gasteiger partial charge >= 0.3 is 0 Å². The van der Waals surface area contributed by atoms with Crippen LogP contribution in [0.3, 0.4) is 0 Å². The van der Waals surface area contributed by atoms with E-state index < -0.39 is 6.04 Å². The molecule has 1 fully saturated rings. The van der Waals surface area contributed by atoms with Crippen LogP contribution in [-0.4, -0.2) is 40.8 Å². The molecule has 1 unspecified atom stereocenters. The van der Waals surface area contributed by atoms with E-state index in [9.17, 15) is 9.59 Å². The second-order valence-corrected chi connectivity index (χ2v) is 4.45. The highest BCUT2D eigenvalue weighted by Gasteiger charge is 2.30. The lowest BCUT2D eigenvalue weighted by Crippen LogP contribution is -2.55. The topological polar surface area (TPSA) is 88.3 Å². The number of nitrogens with two attached hydrogens (primary N) is 1. The number of anilines is 1. The number of aromatic nitrogens is 1. The molecule has 1 aromatic heterocycles. The van der Waals surface area contributed by atoms with Crippen LogP contribution in [0.15, 0.2) is 12.3 Å². The van der Waals surface area contributed by atoms with E-state index in [4.69, 9.17) is 17.3 Å². The van der Waals surface area contributed by atoms with Gasteiger partial charge in [0, 0.05) is 13.1 Å². The maximum Gasteiger partial charge on any atom is 0.256 e. The molecule has 0 saturated carbocycles. The molecule has 6 nitrogen and oxygen atoms in total. The minimum absolute atomic E-state index is 0.173. The van der Waals surface area contributed by atoms with Crippen molar-refractivity contribution in [3.63, 3.8) is 0 Å². The van der Waals surface area contributed by atoms with Crippen LogP contribution in [0.25, 0.3) is 0 Å². The summed E-state index contributed by atoms with van der Waals surface area (Å²) in [7, 11) is 0. The summed E-state index contributed by atoms with van der Waals surface area (Å²) in [6, 6.07) is 0.899. The average molecular weight is 269 g/mol. The molecule has 0 aliphatic carbocycles. The highest BCUT2D eigenvalue weighted by atomic mass is 35.5. The molecule has 3 N–H and O–H groups in total. The Morgan fingerprint density at radius 3 is 3.11 bits per heavy atom. The van der Waals surface area contributed by atoms with E-state index in [2.05, 4.69) is 10.3 Å². The molecule has 0 radical (unpaired) electrons. The molecule has 96 valence electrons. The number of carbonyl (C=O) groups is 2. The Balaban J connectivity index is 2.30. The van der Waals surface area contributed by atoms with E-state index in [1.165, 1.54) is 17.2 Å². The smallest absolute Gasteiger partial charge is 0.256 e. The van der Waals surface area contributed by atoms with E-state index in [0.717, 1.165) is 0 Å². The number of piperazine rings is 1. The monoisotopic (exact) mass is 268 g/mol. The van der Waals surface area contributed by atoms with Gasteiger partial charge < -0.3 is 16.0 Å². The minimum atomic E-state index is -0.516. The Bertz CT molecular complexity index is 506. The Hall–Kier alpha value is -1.82. The third kappa shape index (κ3) is 2.24. The van der Waals surface area contributed by atoms with Gasteiger partial charge in [0.1, 0.15) is 11.2 Å². The normalized spacial score (nSPS) is 19.6. The van der Waals surface area contributed by atoms with E-state index in [-0.39, 0.29) is 28.2 Å².